The van der Waals surface area contributed by atoms with Gasteiger partial charge in [-0.15, -0.1) is 0 Å². The van der Waals surface area contributed by atoms with E-state index in [1.807, 2.05) is 13.8 Å². The zero-order valence-electron chi connectivity index (χ0n) is 13.0. The largest absolute Gasteiger partial charge is 0.390 e. The maximum atomic E-state index is 10.9. The number of aliphatic hydroxyl groups is 1. The molecule has 0 aromatic carbocycles. The van der Waals surface area contributed by atoms with Crippen molar-refractivity contribution in [3.63, 3.8) is 0 Å². The van der Waals surface area contributed by atoms with Crippen molar-refractivity contribution in [2.75, 3.05) is 19.8 Å². The van der Waals surface area contributed by atoms with Crippen molar-refractivity contribution in [3.05, 3.63) is 21.5 Å². The van der Waals surface area contributed by atoms with Crippen LogP contribution in [0.3, 0.4) is 0 Å². The molecule has 0 spiro atoms. The van der Waals surface area contributed by atoms with Crippen LogP contribution in [0.15, 0.2) is 0 Å². The molecule has 2 unspecified atom stereocenters. The monoisotopic (exact) mass is 300 g/mol. The maximum absolute atomic E-state index is 10.9. The molecular weight excluding hydrogens is 276 g/mol. The predicted molar refractivity (Wildman–Crippen MR) is 78.3 cm³/mol. The zero-order valence-corrected chi connectivity index (χ0v) is 13.0. The molecule has 120 valence electrons. The summed E-state index contributed by atoms with van der Waals surface area (Å²) in [4.78, 5) is 10.5. The number of aliphatic hydroxyl groups excluding tert-OH is 1. The third-order valence-electron chi connectivity index (χ3n) is 3.18. The number of ether oxygens (including phenoxy) is 1. The van der Waals surface area contributed by atoms with Crippen LogP contribution >= 0.6 is 0 Å². The normalized spacial score (nSPS) is 14.1. The van der Waals surface area contributed by atoms with Crippen molar-refractivity contribution >= 4 is 5.69 Å². The topological polar surface area (TPSA) is 102 Å². The van der Waals surface area contributed by atoms with Crippen LogP contribution < -0.4 is 5.32 Å². The zero-order chi connectivity index (χ0) is 16.0. The van der Waals surface area contributed by atoms with Gasteiger partial charge < -0.3 is 15.2 Å². The van der Waals surface area contributed by atoms with E-state index in [9.17, 15) is 15.2 Å². The van der Waals surface area contributed by atoms with E-state index in [0.29, 0.717) is 31.1 Å². The average Bonchev–Trinajstić information content (AvgIpc) is 2.68. The third-order valence-corrected chi connectivity index (χ3v) is 3.18. The molecule has 0 radical (unpaired) electrons. The summed E-state index contributed by atoms with van der Waals surface area (Å²) in [5, 5.41) is 28.2. The average molecular weight is 300 g/mol. The molecular formula is C13H24N4O4. The van der Waals surface area contributed by atoms with E-state index < -0.39 is 11.0 Å². The highest BCUT2D eigenvalue weighted by molar-refractivity contribution is 5.39. The number of nitrogens with zero attached hydrogens (tertiary/aromatic N) is 3. The van der Waals surface area contributed by atoms with E-state index in [4.69, 9.17) is 4.74 Å². The molecule has 0 amide bonds. The van der Waals surface area contributed by atoms with Crippen LogP contribution in [0.2, 0.25) is 0 Å². The van der Waals surface area contributed by atoms with E-state index in [1.54, 1.807) is 13.8 Å². The van der Waals surface area contributed by atoms with Crippen LogP contribution in [-0.4, -0.2) is 51.7 Å². The molecule has 0 saturated heterocycles. The minimum absolute atomic E-state index is 0.0138. The molecule has 0 fully saturated rings. The van der Waals surface area contributed by atoms with Crippen LogP contribution in [0.25, 0.3) is 0 Å². The van der Waals surface area contributed by atoms with Crippen molar-refractivity contribution < 1.29 is 14.8 Å². The fourth-order valence-corrected chi connectivity index (χ4v) is 2.08. The molecule has 0 saturated carbocycles. The number of aryl methyl sites for hydroxylation is 1. The lowest BCUT2D eigenvalue weighted by Crippen LogP contribution is -2.38. The minimum atomic E-state index is -0.674. The molecule has 0 aliphatic carbocycles. The Bertz CT molecular complexity index is 475. The second kappa shape index (κ2) is 8.06. The van der Waals surface area contributed by atoms with Crippen molar-refractivity contribution in [2.24, 2.45) is 0 Å². The van der Waals surface area contributed by atoms with E-state index in [1.165, 1.54) is 4.68 Å². The highest BCUT2D eigenvalue weighted by Crippen LogP contribution is 2.21. The SMILES string of the molecule is CCOCC(C)NCC(O)Cn1nc(C)c([N+](=O)[O-])c1C. The van der Waals surface area contributed by atoms with Crippen molar-refractivity contribution in [3.8, 4) is 0 Å². The van der Waals surface area contributed by atoms with Crippen molar-refractivity contribution in [1.29, 1.82) is 0 Å². The summed E-state index contributed by atoms with van der Waals surface area (Å²) in [6, 6.07) is 0.134. The lowest BCUT2D eigenvalue weighted by Gasteiger charge is -2.17. The number of hydrogen-bond acceptors (Lipinski definition) is 6. The van der Waals surface area contributed by atoms with E-state index in [-0.39, 0.29) is 18.3 Å². The molecule has 0 bridgehead atoms. The number of aromatic nitrogens is 2. The van der Waals surface area contributed by atoms with Gasteiger partial charge in [0.25, 0.3) is 0 Å². The van der Waals surface area contributed by atoms with Crippen LogP contribution in [0.4, 0.5) is 5.69 Å². The molecule has 1 heterocycles. The Labute approximate surface area is 124 Å². The Hall–Kier alpha value is -1.51. The number of nitro groups is 1. The van der Waals surface area contributed by atoms with Crippen LogP contribution in [-0.2, 0) is 11.3 Å². The van der Waals surface area contributed by atoms with Crippen LogP contribution in [0.5, 0.6) is 0 Å². The molecule has 1 aromatic rings. The van der Waals surface area contributed by atoms with Gasteiger partial charge in [-0.05, 0) is 27.7 Å². The Morgan fingerprint density at radius 2 is 2.19 bits per heavy atom. The summed E-state index contributed by atoms with van der Waals surface area (Å²) in [6.07, 6.45) is -0.674. The van der Waals surface area contributed by atoms with Gasteiger partial charge in [0.15, 0.2) is 0 Å². The quantitative estimate of drug-likeness (QED) is 0.516. The minimum Gasteiger partial charge on any atom is -0.390 e. The van der Waals surface area contributed by atoms with Gasteiger partial charge in [0.05, 0.1) is 24.2 Å². The summed E-state index contributed by atoms with van der Waals surface area (Å²) in [5.41, 5.74) is 0.834. The van der Waals surface area contributed by atoms with Crippen molar-refractivity contribution in [1.82, 2.24) is 15.1 Å². The molecule has 21 heavy (non-hydrogen) atoms. The first-order chi connectivity index (χ1) is 9.86. The Morgan fingerprint density at radius 3 is 2.71 bits per heavy atom. The summed E-state index contributed by atoms with van der Waals surface area (Å²) < 4.78 is 6.75. The van der Waals surface area contributed by atoms with E-state index in [2.05, 4.69) is 10.4 Å². The van der Waals surface area contributed by atoms with E-state index >= 15 is 0 Å². The predicted octanol–water partition coefficient (Wildman–Crippen LogP) is 0.784. The van der Waals surface area contributed by atoms with Gasteiger partial charge in [0.1, 0.15) is 11.4 Å². The Morgan fingerprint density at radius 1 is 1.52 bits per heavy atom. The number of rotatable bonds is 9. The number of nitrogens with one attached hydrogen (secondary N) is 1. The van der Waals surface area contributed by atoms with Crippen LogP contribution in [0.1, 0.15) is 25.2 Å². The third kappa shape index (κ3) is 5.07. The molecule has 8 nitrogen and oxygen atoms in total. The van der Waals surface area contributed by atoms with Gasteiger partial charge in [0, 0.05) is 19.2 Å². The second-order valence-corrected chi connectivity index (χ2v) is 5.08. The Balaban J connectivity index is 2.54. The molecule has 2 atom stereocenters. The van der Waals surface area contributed by atoms with Gasteiger partial charge in [-0.3, -0.25) is 14.8 Å². The first-order valence-corrected chi connectivity index (χ1v) is 7.04. The molecule has 1 aromatic heterocycles. The highest BCUT2D eigenvalue weighted by Gasteiger charge is 2.22. The van der Waals surface area contributed by atoms with Crippen LogP contribution in [0, 0.1) is 24.0 Å². The Kier molecular flexibility index (Phi) is 6.73. The summed E-state index contributed by atoms with van der Waals surface area (Å²) in [6.45, 7) is 8.95. The fraction of sp³-hybridized carbons (Fsp3) is 0.769. The smallest absolute Gasteiger partial charge is 0.312 e. The highest BCUT2D eigenvalue weighted by atomic mass is 16.6. The summed E-state index contributed by atoms with van der Waals surface area (Å²) in [5.74, 6) is 0. The van der Waals surface area contributed by atoms with Crippen molar-refractivity contribution in [2.45, 2.75) is 46.4 Å². The maximum Gasteiger partial charge on any atom is 0.312 e. The summed E-state index contributed by atoms with van der Waals surface area (Å²) >= 11 is 0. The molecule has 1 rings (SSSR count). The van der Waals surface area contributed by atoms with E-state index in [0.717, 1.165) is 0 Å². The molecule has 2 N–H and O–H groups in total. The van der Waals surface area contributed by atoms with Gasteiger partial charge in [0.2, 0.25) is 0 Å². The lowest BCUT2D eigenvalue weighted by molar-refractivity contribution is -0.386. The van der Waals surface area contributed by atoms with Gasteiger partial charge in [-0.1, -0.05) is 0 Å². The first kappa shape index (κ1) is 17.5. The number of hydrogen-bond donors (Lipinski definition) is 2. The molecule has 0 aliphatic heterocycles. The van der Waals surface area contributed by atoms with Gasteiger partial charge in [-0.25, -0.2) is 0 Å². The fourth-order valence-electron chi connectivity index (χ4n) is 2.08. The molecule has 0 aliphatic rings. The summed E-state index contributed by atoms with van der Waals surface area (Å²) in [7, 11) is 0. The standard InChI is InChI=1S/C13H24N4O4/c1-5-21-8-9(2)14-6-12(18)7-16-11(4)13(17(19)20)10(3)15-16/h9,12,14,18H,5-8H2,1-4H3. The molecule has 8 heteroatoms. The first-order valence-electron chi connectivity index (χ1n) is 7.04. The van der Waals surface area contributed by atoms with Gasteiger partial charge >= 0.3 is 5.69 Å². The lowest BCUT2D eigenvalue weighted by atomic mass is 10.3. The second-order valence-electron chi connectivity index (χ2n) is 5.08. The van der Waals surface area contributed by atoms with Gasteiger partial charge in [-0.2, -0.15) is 5.10 Å².